The fraction of sp³-hybridized carbons (Fsp3) is 0.714. The predicted molar refractivity (Wildman–Crippen MR) is 40.8 cm³/mol. The van der Waals surface area contributed by atoms with E-state index in [4.69, 9.17) is 5.73 Å². The van der Waals surface area contributed by atoms with E-state index in [9.17, 15) is 0 Å². The molecule has 0 fully saturated rings. The second-order valence-corrected chi connectivity index (χ2v) is 2.77. The molecule has 54 valence electrons. The fourth-order valence-corrected chi connectivity index (χ4v) is 0.665. The second kappa shape index (κ2) is 3.38. The highest BCUT2D eigenvalue weighted by molar-refractivity contribution is 4.84. The van der Waals surface area contributed by atoms with Gasteiger partial charge in [-0.2, -0.15) is 0 Å². The van der Waals surface area contributed by atoms with E-state index in [2.05, 4.69) is 20.4 Å². The number of rotatable bonds is 3. The van der Waals surface area contributed by atoms with Crippen molar-refractivity contribution in [3.63, 3.8) is 0 Å². The summed E-state index contributed by atoms with van der Waals surface area (Å²) in [5.41, 5.74) is 5.42. The average molecular weight is 128 g/mol. The fourth-order valence-electron chi connectivity index (χ4n) is 0.665. The summed E-state index contributed by atoms with van der Waals surface area (Å²) in [7, 11) is 1.95. The normalized spacial score (nSPS) is 9.78. The van der Waals surface area contributed by atoms with Crippen molar-refractivity contribution >= 4 is 0 Å². The standard InChI is InChI=1S/C7H16N2/c1-6(2)5-9(4)7(3)8/h6H,3,5,8H2,1-2,4H3. The third kappa shape index (κ3) is 3.88. The summed E-state index contributed by atoms with van der Waals surface area (Å²) in [5, 5.41) is 0. The Balaban J connectivity index is 3.50. The molecule has 0 amide bonds. The second-order valence-electron chi connectivity index (χ2n) is 2.77. The lowest BCUT2D eigenvalue weighted by atomic mass is 10.2. The van der Waals surface area contributed by atoms with Crippen LogP contribution in [-0.2, 0) is 0 Å². The van der Waals surface area contributed by atoms with Gasteiger partial charge in [0.2, 0.25) is 0 Å². The molecule has 0 saturated heterocycles. The molecule has 0 unspecified atom stereocenters. The van der Waals surface area contributed by atoms with Gasteiger partial charge in [0.1, 0.15) is 0 Å². The molecule has 0 spiro atoms. The van der Waals surface area contributed by atoms with Crippen LogP contribution < -0.4 is 5.73 Å². The van der Waals surface area contributed by atoms with E-state index in [0.29, 0.717) is 11.7 Å². The lowest BCUT2D eigenvalue weighted by molar-refractivity contribution is 0.359. The molecule has 2 nitrogen and oxygen atoms in total. The molecule has 2 heteroatoms. The minimum absolute atomic E-state index is 0.642. The van der Waals surface area contributed by atoms with Crippen molar-refractivity contribution in [2.45, 2.75) is 13.8 Å². The molecule has 0 aliphatic carbocycles. The van der Waals surface area contributed by atoms with Gasteiger partial charge in [0.05, 0.1) is 5.82 Å². The molecule has 9 heavy (non-hydrogen) atoms. The van der Waals surface area contributed by atoms with Gasteiger partial charge in [-0.15, -0.1) is 0 Å². The summed E-state index contributed by atoms with van der Waals surface area (Å²) in [6, 6.07) is 0. The molecule has 0 aliphatic rings. The highest BCUT2D eigenvalue weighted by Crippen LogP contribution is 1.97. The van der Waals surface area contributed by atoms with Crippen LogP contribution in [0.4, 0.5) is 0 Å². The maximum Gasteiger partial charge on any atom is 0.0909 e. The SMILES string of the molecule is C=C(N)N(C)CC(C)C. The maximum atomic E-state index is 5.42. The molecular formula is C7H16N2. The lowest BCUT2D eigenvalue weighted by Crippen LogP contribution is -2.26. The van der Waals surface area contributed by atoms with E-state index in [1.165, 1.54) is 0 Å². The monoisotopic (exact) mass is 128 g/mol. The van der Waals surface area contributed by atoms with Gasteiger partial charge in [0.15, 0.2) is 0 Å². The molecule has 0 aromatic heterocycles. The maximum absolute atomic E-state index is 5.42. The first-order valence-corrected chi connectivity index (χ1v) is 3.19. The quantitative estimate of drug-likeness (QED) is 0.614. The topological polar surface area (TPSA) is 29.3 Å². The number of nitrogens with two attached hydrogens (primary N) is 1. The Labute approximate surface area is 57.3 Å². The zero-order valence-corrected chi connectivity index (χ0v) is 6.52. The van der Waals surface area contributed by atoms with Crippen molar-refractivity contribution < 1.29 is 0 Å². The molecule has 2 N–H and O–H groups in total. The molecule has 0 rings (SSSR count). The smallest absolute Gasteiger partial charge is 0.0909 e. The molecule has 0 aromatic rings. The van der Waals surface area contributed by atoms with Crippen molar-refractivity contribution in [2.75, 3.05) is 13.6 Å². The summed E-state index contributed by atoms with van der Waals surface area (Å²) >= 11 is 0. The van der Waals surface area contributed by atoms with Crippen molar-refractivity contribution in [3.8, 4) is 0 Å². The van der Waals surface area contributed by atoms with Crippen LogP contribution in [0.15, 0.2) is 12.4 Å². The first-order valence-electron chi connectivity index (χ1n) is 3.19. The summed E-state index contributed by atoms with van der Waals surface area (Å²) in [4.78, 5) is 1.95. The molecule has 0 atom stereocenters. The molecular weight excluding hydrogens is 112 g/mol. The third-order valence-electron chi connectivity index (χ3n) is 1.13. The van der Waals surface area contributed by atoms with Crippen molar-refractivity contribution in [2.24, 2.45) is 11.7 Å². The zero-order chi connectivity index (χ0) is 7.44. The van der Waals surface area contributed by atoms with Crippen LogP contribution in [0.2, 0.25) is 0 Å². The van der Waals surface area contributed by atoms with Crippen LogP contribution in [-0.4, -0.2) is 18.5 Å². The summed E-state index contributed by atoms with van der Waals surface area (Å²) in [6.45, 7) is 8.90. The molecule has 0 radical (unpaired) electrons. The molecule has 0 heterocycles. The summed E-state index contributed by atoms with van der Waals surface area (Å²) in [5.74, 6) is 1.29. The number of nitrogens with zero attached hydrogens (tertiary/aromatic N) is 1. The molecule has 0 aliphatic heterocycles. The average Bonchev–Trinajstić information content (AvgIpc) is 1.63. The van der Waals surface area contributed by atoms with Crippen LogP contribution in [0.25, 0.3) is 0 Å². The largest absolute Gasteiger partial charge is 0.386 e. The molecule has 0 aromatic carbocycles. The Morgan fingerprint density at radius 2 is 2.11 bits per heavy atom. The van der Waals surface area contributed by atoms with Gasteiger partial charge < -0.3 is 10.6 Å². The van der Waals surface area contributed by atoms with Crippen LogP contribution in [0, 0.1) is 5.92 Å². The first-order chi connectivity index (χ1) is 4.04. The highest BCUT2D eigenvalue weighted by atomic mass is 15.2. The summed E-state index contributed by atoms with van der Waals surface area (Å²) < 4.78 is 0. The van der Waals surface area contributed by atoms with E-state index in [1.54, 1.807) is 0 Å². The minimum atomic E-state index is 0.642. The molecule has 0 bridgehead atoms. The van der Waals surface area contributed by atoms with Crippen molar-refractivity contribution in [1.82, 2.24) is 4.90 Å². The van der Waals surface area contributed by atoms with Crippen LogP contribution in [0.5, 0.6) is 0 Å². The number of hydrogen-bond acceptors (Lipinski definition) is 2. The van der Waals surface area contributed by atoms with Gasteiger partial charge in [-0.25, -0.2) is 0 Å². The Morgan fingerprint density at radius 1 is 1.67 bits per heavy atom. The van der Waals surface area contributed by atoms with Gasteiger partial charge in [0, 0.05) is 13.6 Å². The van der Waals surface area contributed by atoms with Gasteiger partial charge in [0.25, 0.3) is 0 Å². The molecule has 0 saturated carbocycles. The van der Waals surface area contributed by atoms with Crippen LogP contribution in [0.1, 0.15) is 13.8 Å². The predicted octanol–water partition coefficient (Wildman–Crippen LogP) is 1.00. The zero-order valence-electron chi connectivity index (χ0n) is 6.52. The van der Waals surface area contributed by atoms with Crippen molar-refractivity contribution in [3.05, 3.63) is 12.4 Å². The Bertz CT molecular complexity index is 97.1. The van der Waals surface area contributed by atoms with Crippen LogP contribution in [0.3, 0.4) is 0 Å². The Hall–Kier alpha value is -0.660. The van der Waals surface area contributed by atoms with E-state index in [0.717, 1.165) is 6.54 Å². The van der Waals surface area contributed by atoms with Gasteiger partial charge in [-0.1, -0.05) is 20.4 Å². The first kappa shape index (κ1) is 8.34. The van der Waals surface area contributed by atoms with E-state index < -0.39 is 0 Å². The van der Waals surface area contributed by atoms with Gasteiger partial charge >= 0.3 is 0 Å². The third-order valence-corrected chi connectivity index (χ3v) is 1.13. The Morgan fingerprint density at radius 3 is 2.22 bits per heavy atom. The van der Waals surface area contributed by atoms with E-state index in [-0.39, 0.29) is 0 Å². The van der Waals surface area contributed by atoms with Crippen molar-refractivity contribution in [1.29, 1.82) is 0 Å². The van der Waals surface area contributed by atoms with E-state index in [1.807, 2.05) is 11.9 Å². The van der Waals surface area contributed by atoms with Gasteiger partial charge in [-0.05, 0) is 5.92 Å². The highest BCUT2D eigenvalue weighted by Gasteiger charge is 1.98. The van der Waals surface area contributed by atoms with E-state index >= 15 is 0 Å². The minimum Gasteiger partial charge on any atom is -0.386 e. The number of hydrogen-bond donors (Lipinski definition) is 1. The van der Waals surface area contributed by atoms with Gasteiger partial charge in [-0.3, -0.25) is 0 Å². The summed E-state index contributed by atoms with van der Waals surface area (Å²) in [6.07, 6.45) is 0. The van der Waals surface area contributed by atoms with Crippen LogP contribution >= 0.6 is 0 Å². The Kier molecular flexibility index (Phi) is 3.13. The lowest BCUT2D eigenvalue weighted by Gasteiger charge is -2.19.